The van der Waals surface area contributed by atoms with Crippen molar-refractivity contribution >= 4 is 0 Å². The molecule has 0 saturated heterocycles. The molecule has 0 unspecified atom stereocenters. The Morgan fingerprint density at radius 3 is 1.82 bits per heavy atom. The van der Waals surface area contributed by atoms with Gasteiger partial charge in [0.05, 0.1) is 25.4 Å². The van der Waals surface area contributed by atoms with Crippen LogP contribution in [0, 0.1) is 0 Å². The van der Waals surface area contributed by atoms with Gasteiger partial charge >= 0.3 is 0 Å². The first kappa shape index (κ1) is 16.8. The maximum atomic E-state index is 9.10. The Morgan fingerprint density at radius 2 is 1.47 bits per heavy atom. The standard InChI is InChI=1S/C11H25NO5/c1-3-16-10(17-4-2)5-6-12-11(7-13,8-14)9-15/h10,12-15H,3-9H2,1-2H3. The van der Waals surface area contributed by atoms with Gasteiger partial charge in [-0.1, -0.05) is 0 Å². The Balaban J connectivity index is 3.99. The molecule has 0 aliphatic rings. The molecule has 0 aromatic carbocycles. The van der Waals surface area contributed by atoms with Crippen LogP contribution < -0.4 is 5.32 Å². The Labute approximate surface area is 103 Å². The van der Waals surface area contributed by atoms with Gasteiger partial charge < -0.3 is 30.1 Å². The SMILES string of the molecule is CCOC(CCNC(CO)(CO)CO)OCC. The van der Waals surface area contributed by atoms with Crippen LogP contribution in [-0.2, 0) is 9.47 Å². The fraction of sp³-hybridized carbons (Fsp3) is 1.00. The average molecular weight is 251 g/mol. The topological polar surface area (TPSA) is 91.2 Å². The summed E-state index contributed by atoms with van der Waals surface area (Å²) in [6.07, 6.45) is 0.287. The van der Waals surface area contributed by atoms with E-state index in [1.54, 1.807) is 0 Å². The van der Waals surface area contributed by atoms with Crippen molar-refractivity contribution in [3.8, 4) is 0 Å². The van der Waals surface area contributed by atoms with Crippen LogP contribution in [-0.4, -0.2) is 66.7 Å². The van der Waals surface area contributed by atoms with Crippen molar-refractivity contribution in [1.82, 2.24) is 5.32 Å². The lowest BCUT2D eigenvalue weighted by atomic mass is 10.0. The van der Waals surface area contributed by atoms with Gasteiger partial charge in [0, 0.05) is 26.2 Å². The number of hydrogen-bond acceptors (Lipinski definition) is 6. The number of ether oxygens (including phenoxy) is 2. The number of aliphatic hydroxyl groups is 3. The van der Waals surface area contributed by atoms with Crippen molar-refractivity contribution in [2.24, 2.45) is 0 Å². The average Bonchev–Trinajstić information content (AvgIpc) is 2.36. The Morgan fingerprint density at radius 1 is 1.00 bits per heavy atom. The van der Waals surface area contributed by atoms with Crippen LogP contribution in [0.25, 0.3) is 0 Å². The van der Waals surface area contributed by atoms with E-state index in [2.05, 4.69) is 5.32 Å². The van der Waals surface area contributed by atoms with Crippen LogP contribution in [0.3, 0.4) is 0 Å². The van der Waals surface area contributed by atoms with Crippen LogP contribution in [0.5, 0.6) is 0 Å². The van der Waals surface area contributed by atoms with E-state index >= 15 is 0 Å². The molecule has 0 rings (SSSR count). The highest BCUT2D eigenvalue weighted by Crippen LogP contribution is 2.04. The molecule has 6 nitrogen and oxygen atoms in total. The minimum absolute atomic E-state index is 0.300. The van der Waals surface area contributed by atoms with E-state index in [1.165, 1.54) is 0 Å². The number of rotatable bonds is 11. The van der Waals surface area contributed by atoms with Crippen LogP contribution in [0.1, 0.15) is 20.3 Å². The molecular formula is C11H25NO5. The number of nitrogens with one attached hydrogen (secondary N) is 1. The van der Waals surface area contributed by atoms with Gasteiger partial charge in [-0.25, -0.2) is 0 Å². The molecular weight excluding hydrogens is 226 g/mol. The minimum atomic E-state index is -1.04. The lowest BCUT2D eigenvalue weighted by Crippen LogP contribution is -2.55. The largest absolute Gasteiger partial charge is 0.394 e. The summed E-state index contributed by atoms with van der Waals surface area (Å²) in [5, 5.41) is 30.2. The Kier molecular flexibility index (Phi) is 9.62. The van der Waals surface area contributed by atoms with Crippen LogP contribution in [0.15, 0.2) is 0 Å². The second-order valence-corrected chi connectivity index (χ2v) is 3.81. The number of hydrogen-bond donors (Lipinski definition) is 4. The van der Waals surface area contributed by atoms with E-state index in [1.807, 2.05) is 13.8 Å². The Bertz CT molecular complexity index is 161. The van der Waals surface area contributed by atoms with E-state index in [4.69, 9.17) is 24.8 Å². The highest BCUT2D eigenvalue weighted by Gasteiger charge is 2.27. The fourth-order valence-electron chi connectivity index (χ4n) is 1.36. The first-order chi connectivity index (χ1) is 8.17. The summed E-state index contributed by atoms with van der Waals surface area (Å²) in [6, 6.07) is 0. The van der Waals surface area contributed by atoms with Crippen LogP contribution >= 0.6 is 0 Å². The summed E-state index contributed by atoms with van der Waals surface area (Å²) in [4.78, 5) is 0. The maximum absolute atomic E-state index is 9.10. The molecule has 4 N–H and O–H groups in total. The zero-order chi connectivity index (χ0) is 13.1. The molecule has 0 radical (unpaired) electrons. The van der Waals surface area contributed by atoms with Crippen molar-refractivity contribution < 1.29 is 24.8 Å². The van der Waals surface area contributed by atoms with E-state index in [0.29, 0.717) is 26.2 Å². The molecule has 0 atom stereocenters. The predicted molar refractivity (Wildman–Crippen MR) is 63.6 cm³/mol. The quantitative estimate of drug-likeness (QED) is 0.355. The van der Waals surface area contributed by atoms with E-state index in [0.717, 1.165) is 0 Å². The van der Waals surface area contributed by atoms with Crippen LogP contribution in [0.2, 0.25) is 0 Å². The summed E-state index contributed by atoms with van der Waals surface area (Å²) in [7, 11) is 0. The van der Waals surface area contributed by atoms with Crippen LogP contribution in [0.4, 0.5) is 0 Å². The zero-order valence-corrected chi connectivity index (χ0v) is 10.7. The summed E-state index contributed by atoms with van der Waals surface area (Å²) in [5.41, 5.74) is -1.04. The molecule has 17 heavy (non-hydrogen) atoms. The Hall–Kier alpha value is -0.240. The third kappa shape index (κ3) is 6.30. The molecule has 0 bridgehead atoms. The van der Waals surface area contributed by atoms with Gasteiger partial charge in [-0.15, -0.1) is 0 Å². The molecule has 0 aromatic heterocycles. The number of aliphatic hydroxyl groups excluding tert-OH is 3. The van der Waals surface area contributed by atoms with E-state index < -0.39 is 5.54 Å². The van der Waals surface area contributed by atoms with E-state index in [9.17, 15) is 0 Å². The third-order valence-electron chi connectivity index (χ3n) is 2.49. The van der Waals surface area contributed by atoms with Gasteiger partial charge in [0.2, 0.25) is 0 Å². The normalized spacial score (nSPS) is 12.4. The van der Waals surface area contributed by atoms with Gasteiger partial charge in [0.25, 0.3) is 0 Å². The van der Waals surface area contributed by atoms with Crippen molar-refractivity contribution in [2.75, 3.05) is 39.6 Å². The molecule has 104 valence electrons. The molecule has 0 heterocycles. The smallest absolute Gasteiger partial charge is 0.158 e. The molecule has 0 aliphatic carbocycles. The molecule has 0 fully saturated rings. The van der Waals surface area contributed by atoms with Gasteiger partial charge in [-0.05, 0) is 13.8 Å². The second-order valence-electron chi connectivity index (χ2n) is 3.81. The van der Waals surface area contributed by atoms with Gasteiger partial charge in [-0.3, -0.25) is 0 Å². The van der Waals surface area contributed by atoms with Gasteiger partial charge in [-0.2, -0.15) is 0 Å². The highest BCUT2D eigenvalue weighted by molar-refractivity contribution is 4.86. The summed E-state index contributed by atoms with van der Waals surface area (Å²) < 4.78 is 10.7. The zero-order valence-electron chi connectivity index (χ0n) is 10.7. The first-order valence-electron chi connectivity index (χ1n) is 5.98. The molecule has 0 aromatic rings. The maximum Gasteiger partial charge on any atom is 0.158 e. The van der Waals surface area contributed by atoms with E-state index in [-0.39, 0.29) is 26.1 Å². The molecule has 0 saturated carbocycles. The third-order valence-corrected chi connectivity index (χ3v) is 2.49. The minimum Gasteiger partial charge on any atom is -0.394 e. The monoisotopic (exact) mass is 251 g/mol. The summed E-state index contributed by atoms with van der Waals surface area (Å²) in [5.74, 6) is 0. The lowest BCUT2D eigenvalue weighted by molar-refractivity contribution is -0.139. The van der Waals surface area contributed by atoms with Gasteiger partial charge in [0.1, 0.15) is 0 Å². The predicted octanol–water partition coefficient (Wildman–Crippen LogP) is -0.919. The lowest BCUT2D eigenvalue weighted by Gasteiger charge is -2.29. The molecule has 0 amide bonds. The highest BCUT2D eigenvalue weighted by atomic mass is 16.7. The van der Waals surface area contributed by atoms with Crippen molar-refractivity contribution in [3.63, 3.8) is 0 Å². The molecule has 0 spiro atoms. The first-order valence-corrected chi connectivity index (χ1v) is 5.98. The van der Waals surface area contributed by atoms with Crippen molar-refractivity contribution in [1.29, 1.82) is 0 Å². The summed E-state index contributed by atoms with van der Waals surface area (Å²) >= 11 is 0. The summed E-state index contributed by atoms with van der Waals surface area (Å²) in [6.45, 7) is 4.41. The van der Waals surface area contributed by atoms with Crippen molar-refractivity contribution in [2.45, 2.75) is 32.1 Å². The second kappa shape index (κ2) is 9.76. The fourth-order valence-corrected chi connectivity index (χ4v) is 1.36. The molecule has 0 aliphatic heterocycles. The molecule has 6 heteroatoms. The van der Waals surface area contributed by atoms with Crippen molar-refractivity contribution in [3.05, 3.63) is 0 Å². The van der Waals surface area contributed by atoms with Gasteiger partial charge in [0.15, 0.2) is 6.29 Å².